The highest BCUT2D eigenvalue weighted by atomic mass is 16.6. The lowest BCUT2D eigenvalue weighted by atomic mass is 9.78. The summed E-state index contributed by atoms with van der Waals surface area (Å²) in [5, 5.41) is 3.58. The summed E-state index contributed by atoms with van der Waals surface area (Å²) in [6.07, 6.45) is 11.8. The Bertz CT molecular complexity index is 1380. The number of anilines is 2. The third-order valence-electron chi connectivity index (χ3n) is 8.44. The van der Waals surface area contributed by atoms with Crippen LogP contribution < -0.4 is 15.0 Å². The van der Waals surface area contributed by atoms with E-state index in [-0.39, 0.29) is 5.97 Å². The molecular formula is C35H46N4O3. The van der Waals surface area contributed by atoms with Crippen molar-refractivity contribution in [2.24, 2.45) is 0 Å². The van der Waals surface area contributed by atoms with Gasteiger partial charge in [0.05, 0.1) is 16.8 Å². The van der Waals surface area contributed by atoms with Crippen molar-refractivity contribution < 1.29 is 14.3 Å². The molecule has 0 bridgehead atoms. The summed E-state index contributed by atoms with van der Waals surface area (Å²) in [5.41, 5.74) is 3.46. The molecule has 3 aromatic rings. The molecular weight excluding hydrogens is 524 g/mol. The van der Waals surface area contributed by atoms with Crippen molar-refractivity contribution in [1.29, 1.82) is 0 Å². The Morgan fingerprint density at radius 2 is 1.55 bits per heavy atom. The fourth-order valence-electron chi connectivity index (χ4n) is 6.15. The van der Waals surface area contributed by atoms with Gasteiger partial charge in [-0.25, -0.2) is 9.78 Å². The zero-order valence-corrected chi connectivity index (χ0v) is 25.8. The zero-order chi connectivity index (χ0) is 29.5. The fraction of sp³-hybridized carbons (Fsp3) is 0.514. The fourth-order valence-corrected chi connectivity index (χ4v) is 6.15. The van der Waals surface area contributed by atoms with Crippen molar-refractivity contribution in [2.45, 2.75) is 97.5 Å². The van der Waals surface area contributed by atoms with E-state index in [0.717, 1.165) is 74.2 Å². The molecule has 0 radical (unpaired) electrons. The predicted molar refractivity (Wildman–Crippen MR) is 169 cm³/mol. The molecule has 0 saturated carbocycles. The van der Waals surface area contributed by atoms with Crippen LogP contribution in [0.1, 0.15) is 118 Å². The van der Waals surface area contributed by atoms with Crippen molar-refractivity contribution in [1.82, 2.24) is 9.97 Å². The molecule has 0 aliphatic carbocycles. The first kappa shape index (κ1) is 29.9. The Morgan fingerprint density at radius 1 is 0.833 bits per heavy atom. The third kappa shape index (κ3) is 5.83. The number of hydrogen-bond donors (Lipinski definition) is 1. The third-order valence-corrected chi connectivity index (χ3v) is 8.44. The first-order valence-corrected chi connectivity index (χ1v) is 16.1. The molecule has 7 nitrogen and oxygen atoms in total. The lowest BCUT2D eigenvalue weighted by molar-refractivity contribution is 0.0218. The topological polar surface area (TPSA) is 76.6 Å². The predicted octanol–water partition coefficient (Wildman–Crippen LogP) is 8.53. The quantitative estimate of drug-likeness (QED) is 0.145. The lowest BCUT2D eigenvalue weighted by Gasteiger charge is -2.37. The summed E-state index contributed by atoms with van der Waals surface area (Å²) in [6.45, 7) is 11.3. The summed E-state index contributed by atoms with van der Waals surface area (Å²) in [5.74, 6) is 1.44. The lowest BCUT2D eigenvalue weighted by Crippen LogP contribution is -2.36. The van der Waals surface area contributed by atoms with Gasteiger partial charge in [0.25, 0.3) is 0 Å². The second-order valence-corrected chi connectivity index (χ2v) is 11.6. The Morgan fingerprint density at radius 3 is 2.31 bits per heavy atom. The molecule has 2 aliphatic rings. The standard InChI is InChI=1S/C35H46N4O3/c1-5-8-11-12-13-16-21-36-26-19-20-29-30(24-26)41-32-31(35(29)28-18-15-14-17-27(28)33(40)42-35)25(4)37-34(38-32)39(22-9-6-2)23-10-7-3/h14-15,17-20,24,36H,5-13,16,21-23H2,1-4H3. The number of aryl methyl sites for hydroxylation is 1. The molecule has 3 heterocycles. The maximum Gasteiger partial charge on any atom is 0.340 e. The van der Waals surface area contributed by atoms with Crippen molar-refractivity contribution in [3.8, 4) is 11.6 Å². The van der Waals surface area contributed by atoms with E-state index in [4.69, 9.17) is 19.4 Å². The van der Waals surface area contributed by atoms with Gasteiger partial charge in [-0.1, -0.05) is 83.9 Å². The van der Waals surface area contributed by atoms with Gasteiger partial charge >= 0.3 is 5.97 Å². The number of benzene rings is 2. The van der Waals surface area contributed by atoms with Gasteiger partial charge < -0.3 is 19.7 Å². The molecule has 7 heteroatoms. The number of aromatic nitrogens is 2. The highest BCUT2D eigenvalue weighted by molar-refractivity contribution is 5.97. The number of rotatable bonds is 15. The Kier molecular flexibility index (Phi) is 9.65. The van der Waals surface area contributed by atoms with Crippen LogP contribution in [-0.2, 0) is 10.3 Å². The van der Waals surface area contributed by atoms with Gasteiger partial charge in [0.15, 0.2) is 5.60 Å². The van der Waals surface area contributed by atoms with Crippen LogP contribution in [0, 0.1) is 6.92 Å². The minimum Gasteiger partial charge on any atom is -0.440 e. The van der Waals surface area contributed by atoms with Crippen LogP contribution in [0.15, 0.2) is 42.5 Å². The number of carbonyl (C=O) groups excluding carboxylic acids is 1. The molecule has 0 amide bonds. The van der Waals surface area contributed by atoms with Crippen molar-refractivity contribution in [2.75, 3.05) is 29.9 Å². The average molecular weight is 571 g/mol. The van der Waals surface area contributed by atoms with Gasteiger partial charge in [-0.3, -0.25) is 0 Å². The van der Waals surface area contributed by atoms with Crippen LogP contribution in [0.3, 0.4) is 0 Å². The largest absolute Gasteiger partial charge is 0.440 e. The smallest absolute Gasteiger partial charge is 0.340 e. The summed E-state index contributed by atoms with van der Waals surface area (Å²) in [4.78, 5) is 25.6. The summed E-state index contributed by atoms with van der Waals surface area (Å²) >= 11 is 0. The van der Waals surface area contributed by atoms with E-state index >= 15 is 0 Å². The summed E-state index contributed by atoms with van der Waals surface area (Å²) in [6, 6.07) is 13.7. The number of ether oxygens (including phenoxy) is 2. The molecule has 1 atom stereocenters. The SMILES string of the molecule is CCCCCCCCNc1ccc2c(c1)Oc1nc(N(CCCC)CCCC)nc(C)c1C21OC(=O)c2ccccc21. The molecule has 2 aromatic carbocycles. The van der Waals surface area contributed by atoms with E-state index in [1.807, 2.05) is 43.3 Å². The van der Waals surface area contributed by atoms with E-state index in [2.05, 4.69) is 37.1 Å². The number of hydrogen-bond acceptors (Lipinski definition) is 7. The van der Waals surface area contributed by atoms with Crippen molar-refractivity contribution in [3.05, 3.63) is 70.4 Å². The van der Waals surface area contributed by atoms with Gasteiger partial charge in [0.1, 0.15) is 5.75 Å². The number of nitrogens with zero attached hydrogens (tertiary/aromatic N) is 3. The minimum absolute atomic E-state index is 0.342. The second kappa shape index (κ2) is 13.6. The van der Waals surface area contributed by atoms with Crippen LogP contribution in [0.4, 0.5) is 11.6 Å². The minimum atomic E-state index is -1.16. The number of unbranched alkanes of at least 4 members (excludes halogenated alkanes) is 7. The normalized spacial score (nSPS) is 16.4. The Hall–Kier alpha value is -3.61. The van der Waals surface area contributed by atoms with Crippen LogP contribution in [-0.4, -0.2) is 35.6 Å². The van der Waals surface area contributed by atoms with E-state index in [1.165, 1.54) is 32.1 Å². The van der Waals surface area contributed by atoms with Gasteiger partial charge in [0.2, 0.25) is 11.8 Å². The monoisotopic (exact) mass is 570 g/mol. The highest BCUT2D eigenvalue weighted by Crippen LogP contribution is 2.56. The first-order valence-electron chi connectivity index (χ1n) is 16.1. The van der Waals surface area contributed by atoms with Gasteiger partial charge in [-0.2, -0.15) is 4.98 Å². The van der Waals surface area contributed by atoms with Crippen LogP contribution >= 0.6 is 0 Å². The molecule has 1 N–H and O–H groups in total. The number of fused-ring (bicyclic) bond motifs is 6. The molecule has 1 aromatic heterocycles. The molecule has 0 fully saturated rings. The Labute approximate surface area is 251 Å². The first-order chi connectivity index (χ1) is 20.5. The van der Waals surface area contributed by atoms with Crippen LogP contribution in [0.5, 0.6) is 11.6 Å². The summed E-state index contributed by atoms with van der Waals surface area (Å²) < 4.78 is 13.0. The average Bonchev–Trinajstić information content (AvgIpc) is 3.28. The molecule has 1 spiro atoms. The Balaban J connectivity index is 1.53. The van der Waals surface area contributed by atoms with Crippen molar-refractivity contribution >= 4 is 17.6 Å². The molecule has 2 aliphatic heterocycles. The second-order valence-electron chi connectivity index (χ2n) is 11.6. The van der Waals surface area contributed by atoms with Crippen LogP contribution in [0.25, 0.3) is 0 Å². The molecule has 0 saturated heterocycles. The molecule has 1 unspecified atom stereocenters. The number of carbonyl (C=O) groups is 1. The van der Waals surface area contributed by atoms with E-state index in [1.54, 1.807) is 0 Å². The molecule has 5 rings (SSSR count). The van der Waals surface area contributed by atoms with E-state index in [9.17, 15) is 4.79 Å². The van der Waals surface area contributed by atoms with Gasteiger partial charge in [0, 0.05) is 42.5 Å². The van der Waals surface area contributed by atoms with Crippen molar-refractivity contribution in [3.63, 3.8) is 0 Å². The zero-order valence-electron chi connectivity index (χ0n) is 25.8. The van der Waals surface area contributed by atoms with Gasteiger partial charge in [-0.15, -0.1) is 0 Å². The van der Waals surface area contributed by atoms with Crippen LogP contribution in [0.2, 0.25) is 0 Å². The number of nitrogens with one attached hydrogen (secondary N) is 1. The number of esters is 1. The molecule has 42 heavy (non-hydrogen) atoms. The summed E-state index contributed by atoms with van der Waals surface area (Å²) in [7, 11) is 0. The highest BCUT2D eigenvalue weighted by Gasteiger charge is 2.55. The van der Waals surface area contributed by atoms with E-state index in [0.29, 0.717) is 28.7 Å². The maximum absolute atomic E-state index is 13.3. The van der Waals surface area contributed by atoms with E-state index < -0.39 is 5.60 Å². The molecule has 224 valence electrons. The van der Waals surface area contributed by atoms with Gasteiger partial charge in [-0.05, 0) is 44.4 Å². The maximum atomic E-state index is 13.3.